The summed E-state index contributed by atoms with van der Waals surface area (Å²) in [4.78, 5) is 0. The minimum Gasteiger partial charge on any atom is -0.389 e. The van der Waals surface area contributed by atoms with Gasteiger partial charge >= 0.3 is 0 Å². The molecule has 0 spiro atoms. The van der Waals surface area contributed by atoms with Crippen molar-refractivity contribution >= 4 is 0 Å². The first-order valence-electron chi connectivity index (χ1n) is 7.22. The first-order chi connectivity index (χ1) is 9.02. The van der Waals surface area contributed by atoms with E-state index in [9.17, 15) is 9.50 Å². The van der Waals surface area contributed by atoms with E-state index in [1.165, 1.54) is 6.07 Å². The van der Waals surface area contributed by atoms with E-state index in [1.807, 2.05) is 19.1 Å². The monoisotopic (exact) mass is 265 g/mol. The number of rotatable bonds is 6. The molecule has 1 saturated carbocycles. The maximum Gasteiger partial charge on any atom is 0.126 e. The second-order valence-electron chi connectivity index (χ2n) is 6.01. The molecule has 19 heavy (non-hydrogen) atoms. The van der Waals surface area contributed by atoms with Crippen LogP contribution in [0, 0.1) is 5.82 Å². The maximum absolute atomic E-state index is 13.6. The minimum atomic E-state index is -0.627. The molecule has 3 heteroatoms. The van der Waals surface area contributed by atoms with Crippen molar-refractivity contribution in [2.75, 3.05) is 6.54 Å². The zero-order valence-corrected chi connectivity index (χ0v) is 11.8. The summed E-state index contributed by atoms with van der Waals surface area (Å²) < 4.78 is 13.6. The van der Waals surface area contributed by atoms with Crippen molar-refractivity contribution in [2.45, 2.75) is 57.1 Å². The third-order valence-corrected chi connectivity index (χ3v) is 4.04. The van der Waals surface area contributed by atoms with E-state index < -0.39 is 5.60 Å². The van der Waals surface area contributed by atoms with Gasteiger partial charge in [-0.1, -0.05) is 31.5 Å². The van der Waals surface area contributed by atoms with Crippen molar-refractivity contribution < 1.29 is 9.50 Å². The fourth-order valence-corrected chi connectivity index (χ4v) is 2.84. The van der Waals surface area contributed by atoms with Crippen LogP contribution in [0.4, 0.5) is 4.39 Å². The summed E-state index contributed by atoms with van der Waals surface area (Å²) in [6.07, 6.45) is 3.72. The van der Waals surface area contributed by atoms with Gasteiger partial charge in [-0.25, -0.2) is 4.39 Å². The van der Waals surface area contributed by atoms with E-state index >= 15 is 0 Å². The molecule has 1 fully saturated rings. The number of aliphatic hydroxyl groups is 1. The first-order valence-corrected chi connectivity index (χ1v) is 7.22. The molecule has 0 aliphatic heterocycles. The molecule has 0 amide bonds. The fraction of sp³-hybridized carbons (Fsp3) is 0.625. The molecule has 1 aliphatic rings. The molecule has 0 bridgehead atoms. The van der Waals surface area contributed by atoms with Crippen LogP contribution in [0.25, 0.3) is 0 Å². The van der Waals surface area contributed by atoms with Crippen LogP contribution in [-0.4, -0.2) is 23.3 Å². The SMILES string of the molecule is CCCC(C)(O)CNC1CC(c2ccccc2F)C1. The average molecular weight is 265 g/mol. The quantitative estimate of drug-likeness (QED) is 0.828. The second-order valence-corrected chi connectivity index (χ2v) is 6.01. The van der Waals surface area contributed by atoms with Crippen LogP contribution in [0.2, 0.25) is 0 Å². The molecule has 106 valence electrons. The lowest BCUT2D eigenvalue weighted by atomic mass is 9.75. The van der Waals surface area contributed by atoms with Gasteiger partial charge in [0.1, 0.15) is 5.82 Å². The van der Waals surface area contributed by atoms with Crippen molar-refractivity contribution in [2.24, 2.45) is 0 Å². The van der Waals surface area contributed by atoms with E-state index in [2.05, 4.69) is 12.2 Å². The Morgan fingerprint density at radius 1 is 1.37 bits per heavy atom. The summed E-state index contributed by atoms with van der Waals surface area (Å²) >= 11 is 0. The predicted octanol–water partition coefficient (Wildman–Crippen LogP) is 3.21. The lowest BCUT2D eigenvalue weighted by Gasteiger charge is -2.38. The van der Waals surface area contributed by atoms with Crippen molar-refractivity contribution in [3.8, 4) is 0 Å². The molecule has 0 aromatic heterocycles. The number of halogens is 1. The van der Waals surface area contributed by atoms with E-state index in [4.69, 9.17) is 0 Å². The highest BCUT2D eigenvalue weighted by Gasteiger charge is 2.32. The van der Waals surface area contributed by atoms with Gasteiger partial charge in [-0.2, -0.15) is 0 Å². The Balaban J connectivity index is 1.77. The summed E-state index contributed by atoms with van der Waals surface area (Å²) in [5, 5.41) is 13.5. The molecular weight excluding hydrogens is 241 g/mol. The molecule has 2 nitrogen and oxygen atoms in total. The van der Waals surface area contributed by atoms with Crippen LogP contribution in [0.15, 0.2) is 24.3 Å². The van der Waals surface area contributed by atoms with E-state index in [-0.39, 0.29) is 5.82 Å². The van der Waals surface area contributed by atoms with Crippen LogP contribution < -0.4 is 5.32 Å². The fourth-order valence-electron chi connectivity index (χ4n) is 2.84. The standard InChI is InChI=1S/C16H24FNO/c1-3-8-16(2,19)11-18-13-9-12(10-13)14-6-4-5-7-15(14)17/h4-7,12-13,18-19H,3,8-11H2,1-2H3. The van der Waals surface area contributed by atoms with Crippen molar-refractivity contribution in [3.63, 3.8) is 0 Å². The Hall–Kier alpha value is -0.930. The van der Waals surface area contributed by atoms with Gasteiger partial charge in [-0.15, -0.1) is 0 Å². The first kappa shape index (κ1) is 14.5. The zero-order valence-electron chi connectivity index (χ0n) is 11.8. The van der Waals surface area contributed by atoms with Crippen molar-refractivity contribution in [1.29, 1.82) is 0 Å². The highest BCUT2D eigenvalue weighted by Crippen LogP contribution is 2.38. The number of benzene rings is 1. The van der Waals surface area contributed by atoms with Crippen LogP contribution >= 0.6 is 0 Å². The van der Waals surface area contributed by atoms with Crippen LogP contribution in [0.1, 0.15) is 51.0 Å². The summed E-state index contributed by atoms with van der Waals surface area (Å²) in [5.41, 5.74) is 0.207. The highest BCUT2D eigenvalue weighted by atomic mass is 19.1. The highest BCUT2D eigenvalue weighted by molar-refractivity contribution is 5.24. The van der Waals surface area contributed by atoms with Gasteiger partial charge < -0.3 is 10.4 Å². The predicted molar refractivity (Wildman–Crippen MR) is 75.7 cm³/mol. The largest absolute Gasteiger partial charge is 0.389 e. The van der Waals surface area contributed by atoms with Gasteiger partial charge in [0, 0.05) is 12.6 Å². The summed E-state index contributed by atoms with van der Waals surface area (Å²) in [6, 6.07) is 7.44. The van der Waals surface area contributed by atoms with Gasteiger partial charge in [-0.05, 0) is 43.7 Å². The number of hydrogen-bond acceptors (Lipinski definition) is 2. The molecule has 2 rings (SSSR count). The Morgan fingerprint density at radius 3 is 2.68 bits per heavy atom. The Bertz CT molecular complexity index is 413. The molecule has 2 N–H and O–H groups in total. The minimum absolute atomic E-state index is 0.0936. The van der Waals surface area contributed by atoms with Crippen LogP contribution in [-0.2, 0) is 0 Å². The van der Waals surface area contributed by atoms with Gasteiger partial charge in [0.2, 0.25) is 0 Å². The van der Waals surface area contributed by atoms with E-state index in [1.54, 1.807) is 6.07 Å². The molecular formula is C16H24FNO. The summed E-state index contributed by atoms with van der Waals surface area (Å²) in [7, 11) is 0. The second kappa shape index (κ2) is 6.02. The molecule has 1 atom stereocenters. The molecule has 1 aliphatic carbocycles. The average Bonchev–Trinajstić information content (AvgIpc) is 2.29. The normalized spacial score (nSPS) is 25.7. The number of nitrogens with one attached hydrogen (secondary N) is 1. The van der Waals surface area contributed by atoms with Crippen LogP contribution in [0.3, 0.4) is 0 Å². The molecule has 1 unspecified atom stereocenters. The van der Waals surface area contributed by atoms with Gasteiger partial charge in [0.15, 0.2) is 0 Å². The Labute approximate surface area is 115 Å². The van der Waals surface area contributed by atoms with Crippen LogP contribution in [0.5, 0.6) is 0 Å². The summed E-state index contributed by atoms with van der Waals surface area (Å²) in [5.74, 6) is 0.235. The Kier molecular flexibility index (Phi) is 4.58. The third-order valence-electron chi connectivity index (χ3n) is 4.04. The van der Waals surface area contributed by atoms with Gasteiger partial charge in [0.05, 0.1) is 5.60 Å². The van der Waals surface area contributed by atoms with Crippen molar-refractivity contribution in [1.82, 2.24) is 5.32 Å². The smallest absolute Gasteiger partial charge is 0.126 e. The zero-order chi connectivity index (χ0) is 13.9. The number of hydrogen-bond donors (Lipinski definition) is 2. The molecule has 1 aromatic rings. The summed E-state index contributed by atoms with van der Waals surface area (Å²) in [6.45, 7) is 4.57. The topological polar surface area (TPSA) is 32.3 Å². The lowest BCUT2D eigenvalue weighted by Crippen LogP contribution is -2.47. The molecule has 0 heterocycles. The lowest BCUT2D eigenvalue weighted by molar-refractivity contribution is 0.0427. The molecule has 1 aromatic carbocycles. The van der Waals surface area contributed by atoms with Gasteiger partial charge in [-0.3, -0.25) is 0 Å². The molecule has 0 radical (unpaired) electrons. The Morgan fingerprint density at radius 2 is 2.05 bits per heavy atom. The maximum atomic E-state index is 13.6. The van der Waals surface area contributed by atoms with Gasteiger partial charge in [0.25, 0.3) is 0 Å². The molecule has 0 saturated heterocycles. The van der Waals surface area contributed by atoms with Crippen molar-refractivity contribution in [3.05, 3.63) is 35.6 Å². The third kappa shape index (κ3) is 3.77. The van der Waals surface area contributed by atoms with E-state index in [0.717, 1.165) is 31.2 Å². The van der Waals surface area contributed by atoms with E-state index in [0.29, 0.717) is 18.5 Å².